The molecule has 0 aliphatic heterocycles. The normalized spacial score (nSPS) is 14.4. The fraction of sp³-hybridized carbons (Fsp3) is 0.163. The molecule has 1 aliphatic rings. The highest BCUT2D eigenvalue weighted by atomic mass is 15.2. The molecule has 0 spiro atoms. The fourth-order valence-corrected chi connectivity index (χ4v) is 7.52. The monoisotopic (exact) mass is 662 g/mol. The van der Waals surface area contributed by atoms with Crippen molar-refractivity contribution in [3.63, 3.8) is 0 Å². The average molecular weight is 663 g/mol. The van der Waals surface area contributed by atoms with Crippen molar-refractivity contribution in [3.05, 3.63) is 191 Å². The van der Waals surface area contributed by atoms with E-state index in [0.717, 1.165) is 35.2 Å². The van der Waals surface area contributed by atoms with E-state index in [9.17, 15) is 0 Å². The molecule has 0 bridgehead atoms. The van der Waals surface area contributed by atoms with Crippen LogP contribution in [0.25, 0.3) is 45.5 Å². The number of aryl methyl sites for hydroxylation is 1. The number of aliphatic imine (C=N–C) groups is 1. The van der Waals surface area contributed by atoms with Crippen LogP contribution in [0.15, 0.2) is 157 Å². The van der Waals surface area contributed by atoms with Crippen LogP contribution in [0.4, 0.5) is 0 Å². The van der Waals surface area contributed by atoms with Crippen LogP contribution >= 0.6 is 0 Å². The summed E-state index contributed by atoms with van der Waals surface area (Å²) in [5.74, 6) is 0. The van der Waals surface area contributed by atoms with Crippen molar-refractivity contribution in [1.29, 1.82) is 0 Å². The first-order valence-electron chi connectivity index (χ1n) is 18.0. The zero-order chi connectivity index (χ0) is 35.4. The lowest BCUT2D eigenvalue weighted by Gasteiger charge is -2.33. The van der Waals surface area contributed by atoms with Crippen LogP contribution in [-0.4, -0.2) is 5.71 Å². The molecule has 0 saturated carbocycles. The van der Waals surface area contributed by atoms with Crippen molar-refractivity contribution < 1.29 is 0 Å². The SMILES string of the molecule is C=Cc1cc(-c2ccc(-c3cccc4c3CCC=C4)cc2)ccc1-c1ccc(C(C)(N=C(C)c2ccccc2)NC(C)c2ccccc2)cc1C. The van der Waals surface area contributed by atoms with Crippen molar-refractivity contribution in [2.45, 2.75) is 52.2 Å². The Kier molecular flexibility index (Phi) is 9.79. The van der Waals surface area contributed by atoms with Gasteiger partial charge >= 0.3 is 0 Å². The highest BCUT2D eigenvalue weighted by molar-refractivity contribution is 5.99. The van der Waals surface area contributed by atoms with Gasteiger partial charge in [-0.1, -0.05) is 158 Å². The third kappa shape index (κ3) is 7.20. The molecule has 0 fully saturated rings. The molecule has 2 unspecified atom stereocenters. The van der Waals surface area contributed by atoms with Crippen LogP contribution in [-0.2, 0) is 12.1 Å². The summed E-state index contributed by atoms with van der Waals surface area (Å²) in [5, 5.41) is 3.88. The minimum atomic E-state index is -0.661. The summed E-state index contributed by atoms with van der Waals surface area (Å²) in [6.45, 7) is 12.9. The lowest BCUT2D eigenvalue weighted by atomic mass is 9.88. The predicted octanol–water partition coefficient (Wildman–Crippen LogP) is 12.6. The van der Waals surface area contributed by atoms with E-state index in [1.807, 2.05) is 12.1 Å². The second-order valence-corrected chi connectivity index (χ2v) is 13.8. The van der Waals surface area contributed by atoms with Crippen LogP contribution in [0.1, 0.15) is 72.2 Å². The van der Waals surface area contributed by atoms with Gasteiger partial charge in [0.15, 0.2) is 0 Å². The van der Waals surface area contributed by atoms with E-state index < -0.39 is 5.66 Å². The van der Waals surface area contributed by atoms with Crippen molar-refractivity contribution in [2.24, 2.45) is 4.99 Å². The predicted molar refractivity (Wildman–Crippen MR) is 219 cm³/mol. The van der Waals surface area contributed by atoms with Gasteiger partial charge in [-0.25, -0.2) is 0 Å². The van der Waals surface area contributed by atoms with Gasteiger partial charge in [-0.05, 0) is 119 Å². The molecule has 0 saturated heterocycles. The number of benzene rings is 6. The Labute approximate surface area is 304 Å². The molecule has 6 aromatic rings. The van der Waals surface area contributed by atoms with Crippen LogP contribution in [0, 0.1) is 6.92 Å². The Bertz CT molecular complexity index is 2230. The summed E-state index contributed by atoms with van der Waals surface area (Å²) in [6, 6.07) is 50.3. The second kappa shape index (κ2) is 14.7. The van der Waals surface area contributed by atoms with Crippen LogP contribution in [0.3, 0.4) is 0 Å². The Morgan fingerprint density at radius 2 is 1.43 bits per heavy atom. The maximum Gasteiger partial charge on any atom is 0.134 e. The molecule has 2 nitrogen and oxygen atoms in total. The molecule has 6 aromatic carbocycles. The highest BCUT2D eigenvalue weighted by Gasteiger charge is 2.29. The van der Waals surface area contributed by atoms with E-state index in [0.29, 0.717) is 0 Å². The van der Waals surface area contributed by atoms with Crippen LogP contribution in [0.5, 0.6) is 0 Å². The molecule has 1 aliphatic carbocycles. The van der Waals surface area contributed by atoms with Crippen molar-refractivity contribution in [3.8, 4) is 33.4 Å². The molecule has 0 heterocycles. The van der Waals surface area contributed by atoms with E-state index >= 15 is 0 Å². The summed E-state index contributed by atoms with van der Waals surface area (Å²) in [5.41, 5.74) is 16.3. The number of hydrogen-bond acceptors (Lipinski definition) is 2. The first-order valence-corrected chi connectivity index (χ1v) is 18.0. The van der Waals surface area contributed by atoms with Gasteiger partial charge in [-0.3, -0.25) is 10.3 Å². The van der Waals surface area contributed by atoms with E-state index in [1.54, 1.807) is 0 Å². The van der Waals surface area contributed by atoms with Gasteiger partial charge < -0.3 is 0 Å². The molecule has 252 valence electrons. The van der Waals surface area contributed by atoms with E-state index in [2.05, 4.69) is 185 Å². The lowest BCUT2D eigenvalue weighted by molar-refractivity contribution is 0.341. The Balaban J connectivity index is 1.20. The second-order valence-electron chi connectivity index (χ2n) is 13.8. The smallest absolute Gasteiger partial charge is 0.134 e. The molecule has 0 radical (unpaired) electrons. The largest absolute Gasteiger partial charge is 0.283 e. The first-order chi connectivity index (χ1) is 24.8. The third-order valence-electron chi connectivity index (χ3n) is 10.3. The van der Waals surface area contributed by atoms with Gasteiger partial charge in [-0.15, -0.1) is 0 Å². The van der Waals surface area contributed by atoms with Gasteiger partial charge in [0.05, 0.1) is 0 Å². The molecule has 2 heteroatoms. The number of fused-ring (bicyclic) bond motifs is 1. The minimum Gasteiger partial charge on any atom is -0.283 e. The van der Waals surface area contributed by atoms with E-state index in [1.165, 1.54) is 55.6 Å². The van der Waals surface area contributed by atoms with Crippen molar-refractivity contribution in [1.82, 2.24) is 5.32 Å². The number of rotatable bonds is 10. The van der Waals surface area contributed by atoms with Crippen molar-refractivity contribution in [2.75, 3.05) is 0 Å². The summed E-state index contributed by atoms with van der Waals surface area (Å²) in [4.78, 5) is 5.37. The van der Waals surface area contributed by atoms with Gasteiger partial charge in [-0.2, -0.15) is 0 Å². The van der Waals surface area contributed by atoms with E-state index in [4.69, 9.17) is 4.99 Å². The van der Waals surface area contributed by atoms with Crippen LogP contribution < -0.4 is 5.32 Å². The molecule has 51 heavy (non-hydrogen) atoms. The van der Waals surface area contributed by atoms with E-state index in [-0.39, 0.29) is 6.04 Å². The third-order valence-corrected chi connectivity index (χ3v) is 10.3. The van der Waals surface area contributed by atoms with Gasteiger partial charge in [0.2, 0.25) is 0 Å². The number of nitrogens with one attached hydrogen (secondary N) is 1. The quantitative estimate of drug-likeness (QED) is 0.145. The van der Waals surface area contributed by atoms with Gasteiger partial charge in [0, 0.05) is 11.8 Å². The van der Waals surface area contributed by atoms with Crippen LogP contribution in [0.2, 0.25) is 0 Å². The molecule has 2 atom stereocenters. The Hall–Kier alpha value is -5.57. The molecular weight excluding hydrogens is 617 g/mol. The van der Waals surface area contributed by atoms with Gasteiger partial charge in [0.25, 0.3) is 0 Å². The number of nitrogens with zero attached hydrogens (tertiary/aromatic N) is 1. The Morgan fingerprint density at radius 1 is 0.745 bits per heavy atom. The molecule has 0 aromatic heterocycles. The average Bonchev–Trinajstić information content (AvgIpc) is 3.18. The molecule has 1 N–H and O–H groups in total. The van der Waals surface area contributed by atoms with Crippen molar-refractivity contribution >= 4 is 17.9 Å². The fourth-order valence-electron chi connectivity index (χ4n) is 7.52. The molecule has 0 amide bonds. The topological polar surface area (TPSA) is 24.4 Å². The maximum atomic E-state index is 5.37. The zero-order valence-corrected chi connectivity index (χ0v) is 30.2. The summed E-state index contributed by atoms with van der Waals surface area (Å²) < 4.78 is 0. The summed E-state index contributed by atoms with van der Waals surface area (Å²) >= 11 is 0. The maximum absolute atomic E-state index is 5.37. The Morgan fingerprint density at radius 3 is 2.16 bits per heavy atom. The lowest BCUT2D eigenvalue weighted by Crippen LogP contribution is -2.40. The highest BCUT2D eigenvalue weighted by Crippen LogP contribution is 2.37. The first kappa shape index (κ1) is 33.9. The molecule has 7 rings (SSSR count). The molecular formula is C49H46N2. The van der Waals surface area contributed by atoms with Gasteiger partial charge in [0.1, 0.15) is 5.66 Å². The summed E-state index contributed by atoms with van der Waals surface area (Å²) in [7, 11) is 0. The number of allylic oxidation sites excluding steroid dienone is 1. The standard InChI is InChI=1S/C49H46N2/c1-6-37-33-43(40-24-26-42(27-25-40)47-23-15-21-41-20-13-14-22-46(41)47)28-30-48(37)45-31-29-44(32-34(45)2)49(5,50-35(3)38-16-9-7-10-17-38)51-36(4)39-18-11-8-12-19-39/h6-13,15-21,23-33,35,50H,1,14,22H2,2-5H3. The summed E-state index contributed by atoms with van der Waals surface area (Å²) in [6.07, 6.45) is 8.71. The zero-order valence-electron chi connectivity index (χ0n) is 30.2. The minimum absolute atomic E-state index is 0.0904. The number of hydrogen-bond donors (Lipinski definition) is 1.